The molecule has 4 rings (SSSR count). The molecule has 1 amide bonds. The fraction of sp³-hybridized carbons (Fsp3) is 0.250. The largest absolute Gasteiger partial charge is 0.496 e. The maximum atomic E-state index is 13.8. The number of anilines is 2. The van der Waals surface area contributed by atoms with Gasteiger partial charge >= 0.3 is 0 Å². The summed E-state index contributed by atoms with van der Waals surface area (Å²) >= 11 is 0. The van der Waals surface area contributed by atoms with E-state index in [9.17, 15) is 9.18 Å². The van der Waals surface area contributed by atoms with Crippen LogP contribution < -0.4 is 15.0 Å². The second-order valence-electron chi connectivity index (χ2n) is 7.41. The third-order valence-corrected chi connectivity index (χ3v) is 5.41. The molecule has 0 atom stereocenters. The summed E-state index contributed by atoms with van der Waals surface area (Å²) in [5.41, 5.74) is 1.73. The number of para-hydroxylation sites is 1. The highest BCUT2D eigenvalue weighted by molar-refractivity contribution is 6.04. The van der Waals surface area contributed by atoms with Crippen molar-refractivity contribution < 1.29 is 13.9 Å². The minimum absolute atomic E-state index is 0.0118. The number of carbonyl (C=O) groups excluding carboxylic acids is 1. The molecule has 160 valence electrons. The van der Waals surface area contributed by atoms with Crippen molar-refractivity contribution in [2.45, 2.75) is 6.54 Å². The number of benzene rings is 2. The highest BCUT2D eigenvalue weighted by Gasteiger charge is 2.19. The fourth-order valence-electron chi connectivity index (χ4n) is 3.70. The van der Waals surface area contributed by atoms with Crippen molar-refractivity contribution in [1.29, 1.82) is 0 Å². The molecule has 1 N–H and O–H groups in total. The third kappa shape index (κ3) is 5.00. The standard InChI is InChI=1S/C24H25FN4O2/c1-31-22-9-5-2-6-18(22)17-28-12-14-29(15-13-28)23-11-10-19(16-26-23)27-24(30)20-7-3-4-8-21(20)25/h2-11,16H,12-15,17H2,1H3,(H,27,30). The first-order chi connectivity index (χ1) is 15.1. The fourth-order valence-corrected chi connectivity index (χ4v) is 3.70. The number of carbonyl (C=O) groups is 1. The van der Waals surface area contributed by atoms with Crippen molar-refractivity contribution in [1.82, 2.24) is 9.88 Å². The van der Waals surface area contributed by atoms with Gasteiger partial charge in [0.2, 0.25) is 0 Å². The Balaban J connectivity index is 1.32. The lowest BCUT2D eigenvalue weighted by Gasteiger charge is -2.35. The Bertz CT molecular complexity index is 1030. The maximum Gasteiger partial charge on any atom is 0.258 e. The van der Waals surface area contributed by atoms with E-state index in [2.05, 4.69) is 26.2 Å². The summed E-state index contributed by atoms with van der Waals surface area (Å²) < 4.78 is 19.2. The zero-order valence-corrected chi connectivity index (χ0v) is 17.4. The molecule has 2 aromatic carbocycles. The molecular formula is C24H25FN4O2. The summed E-state index contributed by atoms with van der Waals surface area (Å²) in [5, 5.41) is 2.69. The summed E-state index contributed by atoms with van der Waals surface area (Å²) in [5.74, 6) is 0.744. The number of rotatable bonds is 6. The zero-order valence-electron chi connectivity index (χ0n) is 17.4. The first-order valence-electron chi connectivity index (χ1n) is 10.2. The van der Waals surface area contributed by atoms with Gasteiger partial charge in [0, 0.05) is 38.3 Å². The summed E-state index contributed by atoms with van der Waals surface area (Å²) in [6.45, 7) is 4.43. The molecule has 1 aliphatic heterocycles. The number of halogens is 1. The first-order valence-corrected chi connectivity index (χ1v) is 10.2. The Hall–Kier alpha value is -3.45. The highest BCUT2D eigenvalue weighted by Crippen LogP contribution is 2.22. The van der Waals surface area contributed by atoms with Crippen LogP contribution in [0.5, 0.6) is 5.75 Å². The molecule has 2 heterocycles. The second kappa shape index (κ2) is 9.57. The topological polar surface area (TPSA) is 57.7 Å². The summed E-state index contributed by atoms with van der Waals surface area (Å²) in [7, 11) is 1.70. The number of ether oxygens (including phenoxy) is 1. The number of hydrogen-bond acceptors (Lipinski definition) is 5. The number of methoxy groups -OCH3 is 1. The van der Waals surface area contributed by atoms with E-state index in [1.807, 2.05) is 24.3 Å². The quantitative estimate of drug-likeness (QED) is 0.657. The van der Waals surface area contributed by atoms with Crippen LogP contribution in [-0.4, -0.2) is 49.1 Å². The van der Waals surface area contributed by atoms with Gasteiger partial charge in [-0.25, -0.2) is 9.37 Å². The molecule has 0 saturated carbocycles. The van der Waals surface area contributed by atoms with Crippen LogP contribution in [0.25, 0.3) is 0 Å². The van der Waals surface area contributed by atoms with E-state index < -0.39 is 11.7 Å². The van der Waals surface area contributed by atoms with Crippen LogP contribution >= 0.6 is 0 Å². The summed E-state index contributed by atoms with van der Waals surface area (Å²) in [4.78, 5) is 21.4. The maximum absolute atomic E-state index is 13.8. The number of nitrogens with zero attached hydrogens (tertiary/aromatic N) is 3. The predicted molar refractivity (Wildman–Crippen MR) is 119 cm³/mol. The molecule has 3 aromatic rings. The van der Waals surface area contributed by atoms with Gasteiger partial charge in [0.25, 0.3) is 5.91 Å². The van der Waals surface area contributed by atoms with E-state index in [4.69, 9.17) is 4.74 Å². The second-order valence-corrected chi connectivity index (χ2v) is 7.41. The number of hydrogen-bond donors (Lipinski definition) is 1. The van der Waals surface area contributed by atoms with Crippen LogP contribution in [-0.2, 0) is 6.54 Å². The molecule has 7 heteroatoms. The number of pyridine rings is 1. The van der Waals surface area contributed by atoms with E-state index in [1.54, 1.807) is 31.5 Å². The van der Waals surface area contributed by atoms with Gasteiger partial charge in [-0.2, -0.15) is 0 Å². The molecular weight excluding hydrogens is 395 g/mol. The average molecular weight is 420 g/mol. The number of piperazine rings is 1. The Morgan fingerprint density at radius 1 is 1.03 bits per heavy atom. The van der Waals surface area contributed by atoms with E-state index in [-0.39, 0.29) is 5.56 Å². The normalized spacial score (nSPS) is 14.3. The average Bonchev–Trinajstić information content (AvgIpc) is 2.81. The summed E-state index contributed by atoms with van der Waals surface area (Å²) in [6, 6.07) is 17.7. The van der Waals surface area contributed by atoms with Crippen LogP contribution in [0, 0.1) is 5.82 Å². The summed E-state index contributed by atoms with van der Waals surface area (Å²) in [6.07, 6.45) is 1.61. The van der Waals surface area contributed by atoms with Gasteiger partial charge in [-0.3, -0.25) is 9.69 Å². The predicted octanol–water partition coefficient (Wildman–Crippen LogP) is 3.80. The number of nitrogens with one attached hydrogen (secondary N) is 1. The molecule has 1 aromatic heterocycles. The van der Waals surface area contributed by atoms with Crippen molar-refractivity contribution in [3.8, 4) is 5.75 Å². The minimum Gasteiger partial charge on any atom is -0.496 e. The lowest BCUT2D eigenvalue weighted by atomic mass is 10.1. The van der Waals surface area contributed by atoms with Gasteiger partial charge < -0.3 is 15.0 Å². The molecule has 0 spiro atoms. The van der Waals surface area contributed by atoms with Crippen LogP contribution in [0.2, 0.25) is 0 Å². The van der Waals surface area contributed by atoms with Crippen molar-refractivity contribution >= 4 is 17.4 Å². The van der Waals surface area contributed by atoms with Gasteiger partial charge in [-0.1, -0.05) is 30.3 Å². The van der Waals surface area contributed by atoms with Crippen molar-refractivity contribution in [3.05, 3.63) is 83.8 Å². The Morgan fingerprint density at radius 3 is 2.48 bits per heavy atom. The van der Waals surface area contributed by atoms with Gasteiger partial charge in [-0.15, -0.1) is 0 Å². The monoisotopic (exact) mass is 420 g/mol. The third-order valence-electron chi connectivity index (χ3n) is 5.41. The van der Waals surface area contributed by atoms with Crippen molar-refractivity contribution in [2.24, 2.45) is 0 Å². The molecule has 1 aliphatic rings. The number of aromatic nitrogens is 1. The smallest absolute Gasteiger partial charge is 0.258 e. The van der Waals surface area contributed by atoms with E-state index >= 15 is 0 Å². The van der Waals surface area contributed by atoms with E-state index in [0.717, 1.165) is 44.3 Å². The Labute approximate surface area is 181 Å². The zero-order chi connectivity index (χ0) is 21.6. The van der Waals surface area contributed by atoms with Gasteiger partial charge in [0.05, 0.1) is 24.6 Å². The van der Waals surface area contributed by atoms with Gasteiger partial charge in [0.1, 0.15) is 17.4 Å². The van der Waals surface area contributed by atoms with Crippen LogP contribution in [0.3, 0.4) is 0 Å². The lowest BCUT2D eigenvalue weighted by molar-refractivity contribution is 0.102. The molecule has 0 aliphatic carbocycles. The van der Waals surface area contributed by atoms with E-state index in [0.29, 0.717) is 5.69 Å². The van der Waals surface area contributed by atoms with Crippen molar-refractivity contribution in [3.63, 3.8) is 0 Å². The molecule has 1 fully saturated rings. The Morgan fingerprint density at radius 2 is 1.77 bits per heavy atom. The molecule has 6 nitrogen and oxygen atoms in total. The van der Waals surface area contributed by atoms with E-state index in [1.165, 1.54) is 17.7 Å². The van der Waals surface area contributed by atoms with Gasteiger partial charge in [-0.05, 0) is 30.3 Å². The highest BCUT2D eigenvalue weighted by atomic mass is 19.1. The SMILES string of the molecule is COc1ccccc1CN1CCN(c2ccc(NC(=O)c3ccccc3F)cn2)CC1. The molecule has 0 bridgehead atoms. The van der Waals surface area contributed by atoms with Crippen LogP contribution in [0.15, 0.2) is 66.9 Å². The van der Waals surface area contributed by atoms with Crippen LogP contribution in [0.1, 0.15) is 15.9 Å². The van der Waals surface area contributed by atoms with Gasteiger partial charge in [0.15, 0.2) is 0 Å². The number of amides is 1. The van der Waals surface area contributed by atoms with Crippen molar-refractivity contribution in [2.75, 3.05) is 43.5 Å². The lowest BCUT2D eigenvalue weighted by Crippen LogP contribution is -2.46. The minimum atomic E-state index is -0.546. The molecule has 1 saturated heterocycles. The van der Waals surface area contributed by atoms with Crippen LogP contribution in [0.4, 0.5) is 15.9 Å². The Kier molecular flexibility index (Phi) is 6.43. The molecule has 0 radical (unpaired) electrons. The molecule has 0 unspecified atom stereocenters. The molecule has 31 heavy (non-hydrogen) atoms. The first kappa shape index (κ1) is 20.8.